The molecule has 0 heterocycles. The topological polar surface area (TPSA) is 86.8 Å². The van der Waals surface area contributed by atoms with E-state index in [1.165, 1.54) is 17.0 Å². The maximum absolute atomic E-state index is 13.6. The first-order valence-electron chi connectivity index (χ1n) is 11.0. The molecule has 1 N–H and O–H groups in total. The minimum atomic E-state index is -3.95. The smallest absolute Gasteiger partial charge is 0.244 e. The van der Waals surface area contributed by atoms with Gasteiger partial charge in [-0.2, -0.15) is 0 Å². The molecule has 0 aliphatic heterocycles. The van der Waals surface area contributed by atoms with Crippen molar-refractivity contribution < 1.29 is 18.0 Å². The molecule has 11 heteroatoms. The minimum absolute atomic E-state index is 0.0182. The quantitative estimate of drug-likeness (QED) is 0.417. The molecule has 1 atom stereocenters. The monoisotopic (exact) mass is 561 g/mol. The summed E-state index contributed by atoms with van der Waals surface area (Å²) in [7, 11) is -3.95. The number of halogens is 3. The fourth-order valence-electron chi connectivity index (χ4n) is 3.30. The first kappa shape index (κ1) is 29.2. The van der Waals surface area contributed by atoms with Crippen LogP contribution < -0.4 is 9.62 Å². The summed E-state index contributed by atoms with van der Waals surface area (Å²) in [5, 5.41) is 3.10. The first-order chi connectivity index (χ1) is 16.2. The normalized spacial score (nSPS) is 12.4. The lowest BCUT2D eigenvalue weighted by Gasteiger charge is -2.32. The van der Waals surface area contributed by atoms with Crippen molar-refractivity contribution in [2.75, 3.05) is 23.7 Å². The lowest BCUT2D eigenvalue weighted by molar-refractivity contribution is -0.139. The van der Waals surface area contributed by atoms with Gasteiger partial charge in [-0.1, -0.05) is 72.9 Å². The standard InChI is InChI=1S/C24H30Cl3N3O4S/c1-15(2)12-28-24(32)17(4)29(13-18-9-7-6-8-16(18)3)23(31)14-30(35(5,33)34)22-11-20(26)19(25)10-21(22)27/h6-11,15,17H,12-14H2,1-5H3,(H,28,32)/t17-/m1/s1. The summed E-state index contributed by atoms with van der Waals surface area (Å²) >= 11 is 18.3. The van der Waals surface area contributed by atoms with Gasteiger partial charge in [-0.05, 0) is 43.0 Å². The van der Waals surface area contributed by atoms with Gasteiger partial charge < -0.3 is 10.2 Å². The highest BCUT2D eigenvalue weighted by Crippen LogP contribution is 2.35. The summed E-state index contributed by atoms with van der Waals surface area (Å²) in [6.45, 7) is 7.43. The molecule has 0 saturated carbocycles. The number of nitrogens with one attached hydrogen (secondary N) is 1. The fourth-order valence-corrected chi connectivity index (χ4v) is 4.85. The number of aryl methyl sites for hydroxylation is 1. The minimum Gasteiger partial charge on any atom is -0.354 e. The predicted molar refractivity (Wildman–Crippen MR) is 143 cm³/mol. The third kappa shape index (κ3) is 8.00. The molecule has 0 aromatic heterocycles. The summed E-state index contributed by atoms with van der Waals surface area (Å²) in [6.07, 6.45) is 0.962. The van der Waals surface area contributed by atoms with Crippen molar-refractivity contribution >= 4 is 62.3 Å². The molecule has 0 unspecified atom stereocenters. The van der Waals surface area contributed by atoms with E-state index in [1.54, 1.807) is 6.92 Å². The molecule has 2 rings (SSSR count). The molecule has 35 heavy (non-hydrogen) atoms. The van der Waals surface area contributed by atoms with Crippen LogP contribution in [0.5, 0.6) is 0 Å². The van der Waals surface area contributed by atoms with E-state index in [-0.39, 0.29) is 39.1 Å². The van der Waals surface area contributed by atoms with Crippen LogP contribution in [-0.2, 0) is 26.2 Å². The molecule has 2 aromatic carbocycles. The number of benzene rings is 2. The Hall–Kier alpha value is -2.00. The van der Waals surface area contributed by atoms with Crippen molar-refractivity contribution in [2.24, 2.45) is 5.92 Å². The van der Waals surface area contributed by atoms with E-state index in [2.05, 4.69) is 5.32 Å². The Labute approximate surface area is 222 Å². The number of carbonyl (C=O) groups excluding carboxylic acids is 2. The molecule has 2 aromatic rings. The van der Waals surface area contributed by atoms with Crippen molar-refractivity contribution in [1.29, 1.82) is 0 Å². The van der Waals surface area contributed by atoms with Gasteiger partial charge in [0.15, 0.2) is 0 Å². The maximum atomic E-state index is 13.6. The number of amides is 2. The molecule has 0 fully saturated rings. The molecule has 2 amide bonds. The largest absolute Gasteiger partial charge is 0.354 e. The van der Waals surface area contributed by atoms with Gasteiger partial charge in [0.05, 0.1) is 27.0 Å². The number of carbonyl (C=O) groups is 2. The molecule has 0 spiro atoms. The molecule has 192 valence electrons. The number of hydrogen-bond acceptors (Lipinski definition) is 4. The molecule has 7 nitrogen and oxygen atoms in total. The molecule has 0 aliphatic rings. The highest BCUT2D eigenvalue weighted by atomic mass is 35.5. The highest BCUT2D eigenvalue weighted by molar-refractivity contribution is 7.92. The number of rotatable bonds is 10. The Morgan fingerprint density at radius 3 is 2.17 bits per heavy atom. The second-order valence-corrected chi connectivity index (χ2v) is 11.9. The van der Waals surface area contributed by atoms with Crippen LogP contribution in [-0.4, -0.2) is 50.5 Å². The van der Waals surface area contributed by atoms with Gasteiger partial charge in [-0.15, -0.1) is 0 Å². The summed E-state index contributed by atoms with van der Waals surface area (Å²) in [6, 6.07) is 9.24. The van der Waals surface area contributed by atoms with Crippen molar-refractivity contribution in [3.8, 4) is 0 Å². The SMILES string of the molecule is Cc1ccccc1CN(C(=O)CN(c1cc(Cl)c(Cl)cc1Cl)S(C)(=O)=O)[C@H](C)C(=O)NCC(C)C. The summed E-state index contributed by atoms with van der Waals surface area (Å²) in [5.41, 5.74) is 1.79. The van der Waals surface area contributed by atoms with E-state index in [9.17, 15) is 18.0 Å². The van der Waals surface area contributed by atoms with Gasteiger partial charge in [0.2, 0.25) is 21.8 Å². The van der Waals surface area contributed by atoms with Crippen LogP contribution in [0, 0.1) is 12.8 Å². The molecule has 0 aliphatic carbocycles. The van der Waals surface area contributed by atoms with Gasteiger partial charge in [-0.3, -0.25) is 13.9 Å². The van der Waals surface area contributed by atoms with E-state index in [1.807, 2.05) is 45.0 Å². The third-order valence-corrected chi connectivity index (χ3v) is 7.54. The zero-order chi connectivity index (χ0) is 26.5. The van der Waals surface area contributed by atoms with Crippen LogP contribution in [0.15, 0.2) is 36.4 Å². The van der Waals surface area contributed by atoms with E-state index in [0.717, 1.165) is 21.7 Å². The Bertz CT molecular complexity index is 1190. The van der Waals surface area contributed by atoms with Crippen LogP contribution in [0.2, 0.25) is 15.1 Å². The van der Waals surface area contributed by atoms with Crippen molar-refractivity contribution in [3.05, 3.63) is 62.6 Å². The molecular formula is C24H30Cl3N3O4S. The number of hydrogen-bond donors (Lipinski definition) is 1. The summed E-state index contributed by atoms with van der Waals surface area (Å²) < 4.78 is 26.2. The zero-order valence-electron chi connectivity index (χ0n) is 20.3. The second-order valence-electron chi connectivity index (χ2n) is 8.75. The van der Waals surface area contributed by atoms with E-state index >= 15 is 0 Å². The molecule has 0 radical (unpaired) electrons. The summed E-state index contributed by atoms with van der Waals surface area (Å²) in [4.78, 5) is 27.8. The highest BCUT2D eigenvalue weighted by Gasteiger charge is 2.31. The lowest BCUT2D eigenvalue weighted by Crippen LogP contribution is -2.51. The first-order valence-corrected chi connectivity index (χ1v) is 13.9. The Balaban J connectivity index is 2.45. The van der Waals surface area contributed by atoms with Crippen LogP contribution in [0.25, 0.3) is 0 Å². The maximum Gasteiger partial charge on any atom is 0.244 e. The number of anilines is 1. The van der Waals surface area contributed by atoms with Crippen molar-refractivity contribution in [2.45, 2.75) is 40.3 Å². The lowest BCUT2D eigenvalue weighted by atomic mass is 10.1. The molecule has 0 saturated heterocycles. The van der Waals surface area contributed by atoms with E-state index < -0.39 is 28.5 Å². The van der Waals surface area contributed by atoms with Gasteiger partial charge in [0.1, 0.15) is 12.6 Å². The number of nitrogens with zero attached hydrogens (tertiary/aromatic N) is 2. The summed E-state index contributed by atoms with van der Waals surface area (Å²) in [5.74, 6) is -0.684. The van der Waals surface area contributed by atoms with Gasteiger partial charge in [0, 0.05) is 13.1 Å². The average molecular weight is 563 g/mol. The van der Waals surface area contributed by atoms with Crippen LogP contribution in [0.4, 0.5) is 5.69 Å². The Kier molecular flexibility index (Phi) is 10.3. The van der Waals surface area contributed by atoms with Gasteiger partial charge in [-0.25, -0.2) is 8.42 Å². The fraction of sp³-hybridized carbons (Fsp3) is 0.417. The van der Waals surface area contributed by atoms with Crippen LogP contribution in [0.3, 0.4) is 0 Å². The van der Waals surface area contributed by atoms with Crippen LogP contribution >= 0.6 is 34.8 Å². The van der Waals surface area contributed by atoms with Gasteiger partial charge >= 0.3 is 0 Å². The molecular weight excluding hydrogens is 533 g/mol. The van der Waals surface area contributed by atoms with E-state index in [4.69, 9.17) is 34.8 Å². The zero-order valence-corrected chi connectivity index (χ0v) is 23.4. The van der Waals surface area contributed by atoms with E-state index in [0.29, 0.717) is 6.54 Å². The average Bonchev–Trinajstić information content (AvgIpc) is 2.76. The predicted octanol–water partition coefficient (Wildman–Crippen LogP) is 4.91. The Morgan fingerprint density at radius 1 is 1.00 bits per heavy atom. The number of sulfonamides is 1. The van der Waals surface area contributed by atoms with Crippen LogP contribution in [0.1, 0.15) is 31.9 Å². The Morgan fingerprint density at radius 2 is 1.60 bits per heavy atom. The van der Waals surface area contributed by atoms with Crippen molar-refractivity contribution in [1.82, 2.24) is 10.2 Å². The second kappa shape index (κ2) is 12.3. The van der Waals surface area contributed by atoms with Gasteiger partial charge in [0.25, 0.3) is 0 Å². The third-order valence-electron chi connectivity index (χ3n) is 5.39. The molecule has 0 bridgehead atoms. The van der Waals surface area contributed by atoms with Crippen molar-refractivity contribution in [3.63, 3.8) is 0 Å².